The zero-order valence-electron chi connectivity index (χ0n) is 21.5. The van der Waals surface area contributed by atoms with Gasteiger partial charge in [-0.1, -0.05) is 13.8 Å². The average molecular weight is 626 g/mol. The van der Waals surface area contributed by atoms with E-state index in [1.165, 1.54) is 0 Å². The Hall–Kier alpha value is -2.28. The van der Waals surface area contributed by atoms with E-state index in [-0.39, 0.29) is 0 Å². The molecular weight excluding hydrogens is 592 g/mol. The maximum absolute atomic E-state index is 10.5. The van der Waals surface area contributed by atoms with Gasteiger partial charge in [-0.2, -0.15) is 20.4 Å². The molecule has 2 N–H and O–H groups in total. The van der Waals surface area contributed by atoms with Crippen molar-refractivity contribution in [2.75, 3.05) is 0 Å². The second kappa shape index (κ2) is 12.3. The number of hydrogen-bond donors (Lipinski definition) is 2. The van der Waals surface area contributed by atoms with E-state index in [0.29, 0.717) is 9.21 Å². The van der Waals surface area contributed by atoms with Crippen molar-refractivity contribution in [1.82, 2.24) is 39.1 Å². The summed E-state index contributed by atoms with van der Waals surface area (Å²) in [5.74, 6) is 0. The molecule has 196 valence electrons. The summed E-state index contributed by atoms with van der Waals surface area (Å²) in [5, 5.41) is 38.2. The third kappa shape index (κ3) is 6.16. The highest BCUT2D eigenvalue weighted by molar-refractivity contribution is 9.10. The van der Waals surface area contributed by atoms with Crippen molar-refractivity contribution < 1.29 is 10.2 Å². The molecule has 4 heterocycles. The van der Waals surface area contributed by atoms with Crippen molar-refractivity contribution in [3.63, 3.8) is 0 Å². The molecule has 10 nitrogen and oxygen atoms in total. The Balaban J connectivity index is 0.000000201. The SMILES string of the molecule is CCc1nn(CC)cc1C(O)c1cn(C)nc1Br.CCc1nn(CC)cc1C(O)c1cn(C)nc1Br. The molecule has 4 aromatic rings. The lowest BCUT2D eigenvalue weighted by Gasteiger charge is -2.08. The van der Waals surface area contributed by atoms with E-state index in [4.69, 9.17) is 0 Å². The number of aryl methyl sites for hydroxylation is 6. The summed E-state index contributed by atoms with van der Waals surface area (Å²) < 4.78 is 8.40. The van der Waals surface area contributed by atoms with Crippen molar-refractivity contribution in [2.45, 2.75) is 65.8 Å². The first kappa shape index (κ1) is 28.3. The molecule has 0 aliphatic carbocycles. The smallest absolute Gasteiger partial charge is 0.134 e. The lowest BCUT2D eigenvalue weighted by molar-refractivity contribution is 0.218. The second-order valence-electron chi connectivity index (χ2n) is 8.38. The topological polar surface area (TPSA) is 112 Å². The summed E-state index contributed by atoms with van der Waals surface area (Å²) in [6, 6.07) is 0. The van der Waals surface area contributed by atoms with Crippen molar-refractivity contribution >= 4 is 31.9 Å². The van der Waals surface area contributed by atoms with Gasteiger partial charge in [-0.25, -0.2) is 0 Å². The zero-order chi connectivity index (χ0) is 26.6. The molecule has 0 saturated heterocycles. The van der Waals surface area contributed by atoms with Gasteiger partial charge in [0.25, 0.3) is 0 Å². The summed E-state index contributed by atoms with van der Waals surface area (Å²) in [5.41, 5.74) is 5.10. The fourth-order valence-electron chi connectivity index (χ4n) is 3.95. The predicted octanol–water partition coefficient (Wildman–Crippen LogP) is 4.09. The first-order valence-electron chi connectivity index (χ1n) is 12.0. The molecule has 0 aliphatic heterocycles. The number of rotatable bonds is 8. The third-order valence-electron chi connectivity index (χ3n) is 5.86. The van der Waals surface area contributed by atoms with E-state index in [1.807, 2.05) is 75.9 Å². The number of aromatic nitrogens is 8. The summed E-state index contributed by atoms with van der Waals surface area (Å²) in [7, 11) is 3.66. The third-order valence-corrected chi connectivity index (χ3v) is 7.09. The number of nitrogens with zero attached hydrogens (tertiary/aromatic N) is 8. The first-order valence-corrected chi connectivity index (χ1v) is 13.6. The van der Waals surface area contributed by atoms with Gasteiger partial charge in [0.05, 0.1) is 11.4 Å². The Labute approximate surface area is 228 Å². The average Bonchev–Trinajstić information content (AvgIpc) is 3.62. The first-order chi connectivity index (χ1) is 17.1. The van der Waals surface area contributed by atoms with E-state index in [9.17, 15) is 10.2 Å². The normalized spacial score (nSPS) is 12.9. The molecule has 2 unspecified atom stereocenters. The van der Waals surface area contributed by atoms with E-state index in [2.05, 4.69) is 52.3 Å². The minimum Gasteiger partial charge on any atom is -0.383 e. The fourth-order valence-corrected chi connectivity index (χ4v) is 5.08. The molecule has 0 saturated carbocycles. The maximum Gasteiger partial charge on any atom is 0.134 e. The van der Waals surface area contributed by atoms with Gasteiger partial charge in [-0.3, -0.25) is 18.7 Å². The van der Waals surface area contributed by atoms with E-state index in [1.54, 1.807) is 9.36 Å². The lowest BCUT2D eigenvalue weighted by Crippen LogP contribution is -2.01. The minimum atomic E-state index is -0.691. The predicted molar refractivity (Wildman–Crippen MR) is 144 cm³/mol. The monoisotopic (exact) mass is 624 g/mol. The Morgan fingerprint density at radius 2 is 1.00 bits per heavy atom. The second-order valence-corrected chi connectivity index (χ2v) is 9.89. The van der Waals surface area contributed by atoms with Crippen LogP contribution in [0.15, 0.2) is 34.0 Å². The largest absolute Gasteiger partial charge is 0.383 e. The van der Waals surface area contributed by atoms with Crippen LogP contribution < -0.4 is 0 Å². The summed E-state index contributed by atoms with van der Waals surface area (Å²) >= 11 is 6.73. The van der Waals surface area contributed by atoms with E-state index in [0.717, 1.165) is 59.6 Å². The molecule has 36 heavy (non-hydrogen) atoms. The molecule has 0 fully saturated rings. The molecule has 0 aliphatic rings. The Bertz CT molecular complexity index is 1190. The number of aliphatic hydroxyl groups is 2. The van der Waals surface area contributed by atoms with Crippen LogP contribution in [-0.2, 0) is 40.0 Å². The highest BCUT2D eigenvalue weighted by Crippen LogP contribution is 2.30. The van der Waals surface area contributed by atoms with Gasteiger partial charge in [-0.15, -0.1) is 0 Å². The molecule has 0 amide bonds. The number of hydrogen-bond acceptors (Lipinski definition) is 6. The van der Waals surface area contributed by atoms with Crippen LogP contribution in [-0.4, -0.2) is 49.3 Å². The maximum atomic E-state index is 10.5. The Morgan fingerprint density at radius 1 is 0.639 bits per heavy atom. The molecule has 0 spiro atoms. The van der Waals surface area contributed by atoms with Gasteiger partial charge in [0.15, 0.2) is 0 Å². The van der Waals surface area contributed by atoms with Crippen LogP contribution in [0.25, 0.3) is 0 Å². The molecule has 0 aromatic carbocycles. The minimum absolute atomic E-state index is 0.670. The Kier molecular flexibility index (Phi) is 9.67. The molecule has 2 atom stereocenters. The van der Waals surface area contributed by atoms with Crippen LogP contribution in [0, 0.1) is 0 Å². The molecule has 0 radical (unpaired) electrons. The van der Waals surface area contributed by atoms with Crippen molar-refractivity contribution in [1.29, 1.82) is 0 Å². The van der Waals surface area contributed by atoms with Crippen LogP contribution in [0.1, 0.15) is 73.5 Å². The summed E-state index contributed by atoms with van der Waals surface area (Å²) in [6.45, 7) is 9.74. The molecule has 12 heteroatoms. The number of halogens is 2. The lowest BCUT2D eigenvalue weighted by atomic mass is 10.0. The van der Waals surface area contributed by atoms with E-state index >= 15 is 0 Å². The van der Waals surface area contributed by atoms with Crippen molar-refractivity contribution in [3.05, 3.63) is 67.6 Å². The van der Waals surface area contributed by atoms with Crippen LogP contribution >= 0.6 is 31.9 Å². The van der Waals surface area contributed by atoms with Crippen LogP contribution in [0.4, 0.5) is 0 Å². The molecule has 0 bridgehead atoms. The van der Waals surface area contributed by atoms with Crippen molar-refractivity contribution in [2.24, 2.45) is 14.1 Å². The van der Waals surface area contributed by atoms with Gasteiger partial charge in [0.1, 0.15) is 21.4 Å². The fraction of sp³-hybridized carbons (Fsp3) is 0.500. The van der Waals surface area contributed by atoms with Crippen LogP contribution in [0.3, 0.4) is 0 Å². The van der Waals surface area contributed by atoms with Gasteiger partial charge in [-0.05, 0) is 58.5 Å². The standard InChI is InChI=1S/2C12H17BrN4O/c2*1-4-10-8(7-17(5-2)14-10)11(18)9-6-16(3)15-12(9)13/h2*6-7,11,18H,4-5H2,1-3H3. The van der Waals surface area contributed by atoms with Crippen LogP contribution in [0.5, 0.6) is 0 Å². The Morgan fingerprint density at radius 3 is 1.25 bits per heavy atom. The van der Waals surface area contributed by atoms with Gasteiger partial charge in [0.2, 0.25) is 0 Å². The summed E-state index contributed by atoms with van der Waals surface area (Å²) in [6.07, 6.45) is 7.67. The van der Waals surface area contributed by atoms with Gasteiger partial charge in [0, 0.05) is 74.2 Å². The van der Waals surface area contributed by atoms with Gasteiger partial charge >= 0.3 is 0 Å². The van der Waals surface area contributed by atoms with E-state index < -0.39 is 12.2 Å². The molecule has 4 rings (SSSR count). The quantitative estimate of drug-likeness (QED) is 0.305. The highest BCUT2D eigenvalue weighted by atomic mass is 79.9. The van der Waals surface area contributed by atoms with Gasteiger partial charge < -0.3 is 10.2 Å². The molecular formula is C24H34Br2N8O2. The van der Waals surface area contributed by atoms with Crippen molar-refractivity contribution in [3.8, 4) is 0 Å². The summed E-state index contributed by atoms with van der Waals surface area (Å²) in [4.78, 5) is 0. The molecule has 4 aromatic heterocycles. The highest BCUT2D eigenvalue weighted by Gasteiger charge is 2.22. The van der Waals surface area contributed by atoms with Crippen LogP contribution in [0.2, 0.25) is 0 Å². The zero-order valence-corrected chi connectivity index (χ0v) is 24.7. The number of aliphatic hydroxyl groups excluding tert-OH is 2.